The average molecular weight is 399 g/mol. The molecule has 0 bridgehead atoms. The van der Waals surface area contributed by atoms with Gasteiger partial charge in [0.05, 0.1) is 4.92 Å². The third kappa shape index (κ3) is 3.30. The van der Waals surface area contributed by atoms with Crippen LogP contribution in [-0.2, 0) is 0 Å². The van der Waals surface area contributed by atoms with E-state index >= 15 is 0 Å². The van der Waals surface area contributed by atoms with E-state index in [0.29, 0.717) is 9.13 Å². The van der Waals surface area contributed by atoms with Gasteiger partial charge in [0.15, 0.2) is 0 Å². The minimum atomic E-state index is -1.15. The Balaban J connectivity index is 2.53. The lowest BCUT2D eigenvalue weighted by atomic mass is 10.1. The van der Waals surface area contributed by atoms with Crippen LogP contribution in [0.3, 0.4) is 0 Å². The molecule has 1 N–H and O–H groups in total. The van der Waals surface area contributed by atoms with Crippen LogP contribution in [-0.4, -0.2) is 16.0 Å². The lowest BCUT2D eigenvalue weighted by molar-refractivity contribution is -0.385. The molecule has 0 radical (unpaired) electrons. The lowest BCUT2D eigenvalue weighted by Crippen LogP contribution is -2.02. The van der Waals surface area contributed by atoms with Crippen LogP contribution in [0, 0.1) is 20.6 Å². The van der Waals surface area contributed by atoms with Crippen molar-refractivity contribution in [2.24, 2.45) is 0 Å². The first-order valence-corrected chi connectivity index (χ1v) is 6.92. The molecule has 0 spiro atoms. The Labute approximate surface area is 133 Å². The highest BCUT2D eigenvalue weighted by molar-refractivity contribution is 14.1. The summed E-state index contributed by atoms with van der Waals surface area (Å²) in [5.41, 5.74) is 0.340. The summed E-state index contributed by atoms with van der Waals surface area (Å²) in [6.45, 7) is 1.68. The molecule has 0 atom stereocenters. The van der Waals surface area contributed by atoms with Crippen molar-refractivity contribution in [1.82, 2.24) is 0 Å². The predicted octanol–water partition coefficient (Wildman–Crippen LogP) is 4.00. The Kier molecular flexibility index (Phi) is 4.41. The number of nitro benzene ring substituents is 1. The number of ether oxygens (including phenoxy) is 1. The maximum absolute atomic E-state index is 11.2. The number of rotatable bonds is 4. The average Bonchev–Trinajstić information content (AvgIpc) is 2.42. The molecule has 0 aliphatic carbocycles. The number of carboxylic acids is 1. The molecule has 0 unspecified atom stereocenters. The zero-order valence-corrected chi connectivity index (χ0v) is 13.0. The van der Waals surface area contributed by atoms with Gasteiger partial charge in [0, 0.05) is 9.64 Å². The molecule has 6 nitrogen and oxygen atoms in total. The van der Waals surface area contributed by atoms with Gasteiger partial charge in [-0.3, -0.25) is 10.1 Å². The van der Waals surface area contributed by atoms with Crippen molar-refractivity contribution < 1.29 is 19.6 Å². The highest BCUT2D eigenvalue weighted by atomic mass is 127. The number of carbonyl (C=O) groups is 1. The number of hydrogen-bond acceptors (Lipinski definition) is 4. The van der Waals surface area contributed by atoms with Gasteiger partial charge in [0.2, 0.25) is 5.75 Å². The number of aromatic carboxylic acids is 1. The molecule has 0 saturated carbocycles. The van der Waals surface area contributed by atoms with Crippen molar-refractivity contribution >= 4 is 34.2 Å². The van der Waals surface area contributed by atoms with Crippen molar-refractivity contribution in [2.45, 2.75) is 6.92 Å². The molecule has 2 aromatic rings. The number of nitro groups is 1. The van der Waals surface area contributed by atoms with E-state index < -0.39 is 10.9 Å². The molecule has 0 aliphatic heterocycles. The number of para-hydroxylation sites is 1. The Morgan fingerprint density at radius 2 is 2.05 bits per heavy atom. The monoisotopic (exact) mass is 399 g/mol. The topological polar surface area (TPSA) is 89.7 Å². The summed E-state index contributed by atoms with van der Waals surface area (Å²) in [6, 6.07) is 9.14. The SMILES string of the molecule is Cc1cccc(C(=O)O)c1Oc1ccc(I)cc1[N+](=O)[O-]. The van der Waals surface area contributed by atoms with Gasteiger partial charge >= 0.3 is 11.7 Å². The van der Waals surface area contributed by atoms with Crippen LogP contribution in [0.4, 0.5) is 5.69 Å². The molecule has 2 rings (SSSR count). The minimum absolute atomic E-state index is 0.0113. The molecule has 0 aliphatic rings. The molecule has 0 aromatic heterocycles. The summed E-state index contributed by atoms with van der Waals surface area (Å²) in [6.07, 6.45) is 0. The van der Waals surface area contributed by atoms with Crippen molar-refractivity contribution in [2.75, 3.05) is 0 Å². The van der Waals surface area contributed by atoms with E-state index in [9.17, 15) is 20.0 Å². The minimum Gasteiger partial charge on any atom is -0.478 e. The molecule has 0 heterocycles. The fourth-order valence-corrected chi connectivity index (χ4v) is 2.26. The first-order valence-electron chi connectivity index (χ1n) is 5.85. The van der Waals surface area contributed by atoms with Gasteiger partial charge in [0.1, 0.15) is 11.3 Å². The quantitative estimate of drug-likeness (QED) is 0.477. The fourth-order valence-electron chi connectivity index (χ4n) is 1.79. The molecule has 2 aromatic carbocycles. The Morgan fingerprint density at radius 1 is 1.33 bits per heavy atom. The summed E-state index contributed by atoms with van der Waals surface area (Å²) in [5, 5.41) is 20.2. The van der Waals surface area contributed by atoms with Crippen LogP contribution >= 0.6 is 22.6 Å². The van der Waals surface area contributed by atoms with Crippen LogP contribution < -0.4 is 4.74 Å². The van der Waals surface area contributed by atoms with Gasteiger partial charge in [-0.2, -0.15) is 0 Å². The molecule has 7 heteroatoms. The van der Waals surface area contributed by atoms with E-state index in [1.807, 2.05) is 22.6 Å². The highest BCUT2D eigenvalue weighted by Gasteiger charge is 2.20. The molecule has 0 fully saturated rings. The number of carboxylic acid groups (broad SMARTS) is 1. The second-order valence-electron chi connectivity index (χ2n) is 4.23. The Hall–Kier alpha value is -2.16. The van der Waals surface area contributed by atoms with E-state index in [0.717, 1.165) is 0 Å². The van der Waals surface area contributed by atoms with Crippen molar-refractivity contribution in [1.29, 1.82) is 0 Å². The van der Waals surface area contributed by atoms with Crippen LogP contribution in [0.2, 0.25) is 0 Å². The molecule has 0 amide bonds. The third-order valence-electron chi connectivity index (χ3n) is 2.77. The smallest absolute Gasteiger partial charge is 0.339 e. The zero-order chi connectivity index (χ0) is 15.6. The summed E-state index contributed by atoms with van der Waals surface area (Å²) in [5.74, 6) is -1.03. The van der Waals surface area contributed by atoms with E-state index in [1.165, 1.54) is 18.2 Å². The predicted molar refractivity (Wildman–Crippen MR) is 84.0 cm³/mol. The zero-order valence-electron chi connectivity index (χ0n) is 10.9. The Morgan fingerprint density at radius 3 is 2.67 bits per heavy atom. The third-order valence-corrected chi connectivity index (χ3v) is 3.44. The first-order chi connectivity index (χ1) is 9.90. The molecule has 21 heavy (non-hydrogen) atoms. The molecular formula is C14H10INO5. The normalized spacial score (nSPS) is 10.2. The van der Waals surface area contributed by atoms with Gasteiger partial charge < -0.3 is 9.84 Å². The van der Waals surface area contributed by atoms with E-state index in [-0.39, 0.29) is 22.7 Å². The Bertz CT molecular complexity index is 729. The van der Waals surface area contributed by atoms with Gasteiger partial charge in [-0.1, -0.05) is 12.1 Å². The van der Waals surface area contributed by atoms with E-state index in [4.69, 9.17) is 4.74 Å². The van der Waals surface area contributed by atoms with E-state index in [1.54, 1.807) is 25.1 Å². The number of benzene rings is 2. The van der Waals surface area contributed by atoms with Gasteiger partial charge in [-0.25, -0.2) is 4.79 Å². The largest absolute Gasteiger partial charge is 0.478 e. The summed E-state index contributed by atoms with van der Waals surface area (Å²) < 4.78 is 6.21. The van der Waals surface area contributed by atoms with Gasteiger partial charge in [-0.15, -0.1) is 0 Å². The van der Waals surface area contributed by atoms with Gasteiger partial charge in [-0.05, 0) is 53.3 Å². The van der Waals surface area contributed by atoms with Crippen LogP contribution in [0.1, 0.15) is 15.9 Å². The van der Waals surface area contributed by atoms with Crippen LogP contribution in [0.25, 0.3) is 0 Å². The number of aryl methyl sites for hydroxylation is 1. The first kappa shape index (κ1) is 15.2. The van der Waals surface area contributed by atoms with Crippen molar-refractivity contribution in [3.05, 3.63) is 61.2 Å². The number of nitrogens with zero attached hydrogens (tertiary/aromatic N) is 1. The molecular weight excluding hydrogens is 389 g/mol. The summed E-state index contributed by atoms with van der Waals surface area (Å²) >= 11 is 1.96. The van der Waals surface area contributed by atoms with E-state index in [2.05, 4.69) is 0 Å². The summed E-state index contributed by atoms with van der Waals surface area (Å²) in [4.78, 5) is 21.7. The maximum Gasteiger partial charge on any atom is 0.339 e. The molecule has 108 valence electrons. The number of hydrogen-bond donors (Lipinski definition) is 1. The van der Waals surface area contributed by atoms with Crippen molar-refractivity contribution in [3.63, 3.8) is 0 Å². The second-order valence-corrected chi connectivity index (χ2v) is 5.47. The van der Waals surface area contributed by atoms with Gasteiger partial charge in [0.25, 0.3) is 0 Å². The van der Waals surface area contributed by atoms with Crippen molar-refractivity contribution in [3.8, 4) is 11.5 Å². The molecule has 0 saturated heterocycles. The van der Waals surface area contributed by atoms with Crippen LogP contribution in [0.5, 0.6) is 11.5 Å². The summed E-state index contributed by atoms with van der Waals surface area (Å²) in [7, 11) is 0. The second kappa shape index (κ2) is 6.08. The number of halogens is 1. The highest BCUT2D eigenvalue weighted by Crippen LogP contribution is 2.35. The fraction of sp³-hybridized carbons (Fsp3) is 0.0714. The lowest BCUT2D eigenvalue weighted by Gasteiger charge is -2.11. The van der Waals surface area contributed by atoms with Crippen LogP contribution in [0.15, 0.2) is 36.4 Å². The standard InChI is InChI=1S/C14H10INO5/c1-8-3-2-4-10(14(17)18)13(8)21-12-6-5-9(15)7-11(12)16(19)20/h2-7H,1H3,(H,17,18). The maximum atomic E-state index is 11.2.